The second-order valence-corrected chi connectivity index (χ2v) is 9.62. The van der Waals surface area contributed by atoms with Gasteiger partial charge in [0.05, 0.1) is 4.90 Å². The van der Waals surface area contributed by atoms with Gasteiger partial charge in [-0.15, -0.1) is 0 Å². The van der Waals surface area contributed by atoms with Gasteiger partial charge in [-0.3, -0.25) is 4.79 Å². The molecule has 0 bridgehead atoms. The highest BCUT2D eigenvalue weighted by Crippen LogP contribution is 2.29. The van der Waals surface area contributed by atoms with Crippen LogP contribution in [0.4, 0.5) is 5.69 Å². The summed E-state index contributed by atoms with van der Waals surface area (Å²) in [5.41, 5.74) is 1.50. The number of carbonyl (C=O) groups excluding carboxylic acids is 1. The van der Waals surface area contributed by atoms with Crippen molar-refractivity contribution in [1.82, 2.24) is 4.31 Å². The molecule has 144 valence electrons. The molecule has 0 aromatic heterocycles. The molecule has 1 amide bonds. The Kier molecular flexibility index (Phi) is 6.35. The third-order valence-electron chi connectivity index (χ3n) is 5.69. The zero-order chi connectivity index (χ0) is 18.6. The molecule has 2 fully saturated rings. The number of sulfonamides is 1. The predicted octanol–water partition coefficient (Wildman–Crippen LogP) is 4.08. The molecule has 26 heavy (non-hydrogen) atoms. The molecule has 0 atom stereocenters. The minimum atomic E-state index is -3.48. The number of carbonyl (C=O) groups is 1. The lowest BCUT2D eigenvalue weighted by Crippen LogP contribution is -2.35. The van der Waals surface area contributed by atoms with Gasteiger partial charge in [-0.25, -0.2) is 8.42 Å². The number of rotatable bonds is 6. The molecule has 1 saturated heterocycles. The molecule has 2 aliphatic rings. The van der Waals surface area contributed by atoms with Crippen LogP contribution in [0.3, 0.4) is 0 Å². The van der Waals surface area contributed by atoms with E-state index in [0.29, 0.717) is 31.1 Å². The molecule has 1 N–H and O–H groups in total. The van der Waals surface area contributed by atoms with Crippen molar-refractivity contribution in [1.29, 1.82) is 0 Å². The molecule has 1 aliphatic heterocycles. The fraction of sp³-hybridized carbons (Fsp3) is 0.650. The Morgan fingerprint density at radius 3 is 2.50 bits per heavy atom. The van der Waals surface area contributed by atoms with E-state index in [1.807, 2.05) is 6.92 Å². The first kappa shape index (κ1) is 19.4. The summed E-state index contributed by atoms with van der Waals surface area (Å²) in [7, 11) is -3.48. The summed E-state index contributed by atoms with van der Waals surface area (Å²) in [6.45, 7) is 3.06. The maximum absolute atomic E-state index is 12.8. The Bertz CT molecular complexity index is 733. The van der Waals surface area contributed by atoms with Crippen LogP contribution < -0.4 is 5.32 Å². The lowest BCUT2D eigenvalue weighted by Gasteiger charge is -2.26. The summed E-state index contributed by atoms with van der Waals surface area (Å²) < 4.78 is 27.3. The number of aryl methyl sites for hydroxylation is 1. The molecule has 0 radical (unpaired) electrons. The van der Waals surface area contributed by atoms with Crippen molar-refractivity contribution in [3.8, 4) is 0 Å². The van der Waals surface area contributed by atoms with Crippen LogP contribution in [0, 0.1) is 12.8 Å². The average Bonchev–Trinajstić information content (AvgIpc) is 3.16. The molecular formula is C20H30N2O3S. The SMILES string of the molecule is Cc1ccc(S(=O)(=O)N2CCCCC2)cc1NC(=O)CCC1CCCC1. The highest BCUT2D eigenvalue weighted by molar-refractivity contribution is 7.89. The van der Waals surface area contributed by atoms with Crippen LogP contribution in [0.15, 0.2) is 23.1 Å². The smallest absolute Gasteiger partial charge is 0.243 e. The van der Waals surface area contributed by atoms with Gasteiger partial charge in [0, 0.05) is 25.2 Å². The lowest BCUT2D eigenvalue weighted by atomic mass is 10.0. The minimum absolute atomic E-state index is 0.0208. The summed E-state index contributed by atoms with van der Waals surface area (Å²) in [6.07, 6.45) is 9.37. The number of amides is 1. The second kappa shape index (κ2) is 8.53. The molecule has 0 spiro atoms. The van der Waals surface area contributed by atoms with Gasteiger partial charge in [0.15, 0.2) is 0 Å². The highest BCUT2D eigenvalue weighted by atomic mass is 32.2. The van der Waals surface area contributed by atoms with Crippen molar-refractivity contribution in [3.05, 3.63) is 23.8 Å². The van der Waals surface area contributed by atoms with Crippen LogP contribution in [0.1, 0.15) is 63.4 Å². The van der Waals surface area contributed by atoms with Gasteiger partial charge in [-0.05, 0) is 49.8 Å². The van der Waals surface area contributed by atoms with E-state index in [4.69, 9.17) is 0 Å². The first-order chi connectivity index (χ1) is 12.5. The average molecular weight is 379 g/mol. The second-order valence-electron chi connectivity index (χ2n) is 7.68. The standard InChI is InChI=1S/C20H30N2O3S/c1-16-9-11-18(26(24,25)22-13-5-2-6-14-22)15-19(16)21-20(23)12-10-17-7-3-4-8-17/h9,11,15,17H,2-8,10,12-14H2,1H3,(H,21,23). The monoisotopic (exact) mass is 378 g/mol. The molecule has 1 saturated carbocycles. The molecule has 1 aromatic carbocycles. The van der Waals surface area contributed by atoms with E-state index >= 15 is 0 Å². The van der Waals surface area contributed by atoms with Gasteiger partial charge in [0.25, 0.3) is 0 Å². The Morgan fingerprint density at radius 2 is 1.81 bits per heavy atom. The van der Waals surface area contributed by atoms with Crippen molar-refractivity contribution < 1.29 is 13.2 Å². The molecule has 5 nitrogen and oxygen atoms in total. The maximum atomic E-state index is 12.8. The number of piperidine rings is 1. The van der Waals surface area contributed by atoms with Crippen molar-refractivity contribution in [2.75, 3.05) is 18.4 Å². The van der Waals surface area contributed by atoms with Crippen LogP contribution >= 0.6 is 0 Å². The number of benzene rings is 1. The summed E-state index contributed by atoms with van der Waals surface area (Å²) in [6, 6.07) is 5.05. The normalized spacial score (nSPS) is 19.6. The van der Waals surface area contributed by atoms with E-state index in [9.17, 15) is 13.2 Å². The van der Waals surface area contributed by atoms with E-state index in [2.05, 4.69) is 5.32 Å². The van der Waals surface area contributed by atoms with Gasteiger partial charge >= 0.3 is 0 Å². The Labute approximate surface area is 157 Å². The quantitative estimate of drug-likeness (QED) is 0.811. The van der Waals surface area contributed by atoms with Crippen LogP contribution in [-0.2, 0) is 14.8 Å². The summed E-state index contributed by atoms with van der Waals surface area (Å²) in [5.74, 6) is 0.653. The highest BCUT2D eigenvalue weighted by Gasteiger charge is 2.26. The van der Waals surface area contributed by atoms with Crippen molar-refractivity contribution in [3.63, 3.8) is 0 Å². The van der Waals surface area contributed by atoms with E-state index in [1.54, 1.807) is 22.5 Å². The van der Waals surface area contributed by atoms with E-state index in [0.717, 1.165) is 31.2 Å². The molecular weight excluding hydrogens is 348 g/mol. The van der Waals surface area contributed by atoms with Crippen LogP contribution in [-0.4, -0.2) is 31.7 Å². The van der Waals surface area contributed by atoms with E-state index < -0.39 is 10.0 Å². The van der Waals surface area contributed by atoms with Crippen LogP contribution in [0.5, 0.6) is 0 Å². The third-order valence-corrected chi connectivity index (χ3v) is 7.58. The van der Waals surface area contributed by atoms with Crippen molar-refractivity contribution in [2.24, 2.45) is 5.92 Å². The van der Waals surface area contributed by atoms with E-state index in [-0.39, 0.29) is 10.8 Å². The number of nitrogens with zero attached hydrogens (tertiary/aromatic N) is 1. The fourth-order valence-corrected chi connectivity index (χ4v) is 5.54. The summed E-state index contributed by atoms with van der Waals surface area (Å²) in [4.78, 5) is 12.6. The number of hydrogen-bond donors (Lipinski definition) is 1. The molecule has 1 heterocycles. The summed E-state index contributed by atoms with van der Waals surface area (Å²) in [5, 5.41) is 2.93. The third kappa shape index (κ3) is 4.65. The molecule has 1 aromatic rings. The zero-order valence-corrected chi connectivity index (χ0v) is 16.5. The first-order valence-corrected chi connectivity index (χ1v) is 11.3. The topological polar surface area (TPSA) is 66.5 Å². The molecule has 1 aliphatic carbocycles. The molecule has 3 rings (SSSR count). The Morgan fingerprint density at radius 1 is 1.12 bits per heavy atom. The minimum Gasteiger partial charge on any atom is -0.326 e. The predicted molar refractivity (Wildman–Crippen MR) is 104 cm³/mol. The number of hydrogen-bond acceptors (Lipinski definition) is 3. The first-order valence-electron chi connectivity index (χ1n) is 9.87. The summed E-state index contributed by atoms with van der Waals surface area (Å²) >= 11 is 0. The van der Waals surface area contributed by atoms with Gasteiger partial charge in [-0.2, -0.15) is 4.31 Å². The van der Waals surface area contributed by atoms with Crippen molar-refractivity contribution >= 4 is 21.6 Å². The molecule has 6 heteroatoms. The maximum Gasteiger partial charge on any atom is 0.243 e. The largest absolute Gasteiger partial charge is 0.326 e. The zero-order valence-electron chi connectivity index (χ0n) is 15.7. The Balaban J connectivity index is 1.67. The van der Waals surface area contributed by atoms with Gasteiger partial charge in [0.1, 0.15) is 0 Å². The van der Waals surface area contributed by atoms with Gasteiger partial charge < -0.3 is 5.32 Å². The van der Waals surface area contributed by atoms with Gasteiger partial charge in [-0.1, -0.05) is 38.2 Å². The van der Waals surface area contributed by atoms with Gasteiger partial charge in [0.2, 0.25) is 15.9 Å². The van der Waals surface area contributed by atoms with Crippen molar-refractivity contribution in [2.45, 2.75) is 69.6 Å². The van der Waals surface area contributed by atoms with Crippen LogP contribution in [0.25, 0.3) is 0 Å². The van der Waals surface area contributed by atoms with E-state index in [1.165, 1.54) is 25.7 Å². The fourth-order valence-electron chi connectivity index (χ4n) is 4.00. The van der Waals surface area contributed by atoms with Crippen LogP contribution in [0.2, 0.25) is 0 Å². The Hall–Kier alpha value is -1.40. The number of anilines is 1. The number of nitrogens with one attached hydrogen (secondary N) is 1. The lowest BCUT2D eigenvalue weighted by molar-refractivity contribution is -0.116. The molecule has 0 unspecified atom stereocenters.